The van der Waals surface area contributed by atoms with Crippen LogP contribution in [-0.2, 0) is 21.4 Å². The summed E-state index contributed by atoms with van der Waals surface area (Å²) in [4.78, 5) is 16.5. The summed E-state index contributed by atoms with van der Waals surface area (Å²) in [5, 5.41) is 4.82. The van der Waals surface area contributed by atoms with Crippen molar-refractivity contribution in [3.63, 3.8) is 0 Å². The van der Waals surface area contributed by atoms with Gasteiger partial charge in [0.15, 0.2) is 5.82 Å². The molecule has 3 rings (SSSR count). The fourth-order valence-electron chi connectivity index (χ4n) is 2.66. The number of hydrogen-bond donors (Lipinski definition) is 0. The molecule has 1 saturated carbocycles. The van der Waals surface area contributed by atoms with Gasteiger partial charge in [0.25, 0.3) is 0 Å². The molecule has 5 nitrogen and oxygen atoms in total. The first-order valence-corrected chi connectivity index (χ1v) is 8.58. The lowest BCUT2D eigenvalue weighted by Gasteiger charge is -2.19. The maximum atomic E-state index is 12.0. The molecule has 0 radical (unpaired) electrons. The van der Waals surface area contributed by atoms with E-state index in [1.165, 1.54) is 0 Å². The van der Waals surface area contributed by atoms with E-state index in [0.717, 1.165) is 18.4 Å². The topological polar surface area (TPSA) is 65.2 Å². The third kappa shape index (κ3) is 3.93. The summed E-state index contributed by atoms with van der Waals surface area (Å²) in [5.74, 6) is 0.555. The van der Waals surface area contributed by atoms with E-state index in [4.69, 9.17) is 20.9 Å². The van der Waals surface area contributed by atoms with Crippen LogP contribution < -0.4 is 0 Å². The zero-order valence-corrected chi connectivity index (χ0v) is 15.4. The summed E-state index contributed by atoms with van der Waals surface area (Å²) < 4.78 is 10.6. The van der Waals surface area contributed by atoms with E-state index in [0.29, 0.717) is 22.3 Å². The second kappa shape index (κ2) is 6.30. The lowest BCUT2D eigenvalue weighted by Crippen LogP contribution is -2.25. The Hall–Kier alpha value is -2.14. The van der Waals surface area contributed by atoms with Gasteiger partial charge in [0.1, 0.15) is 5.60 Å². The van der Waals surface area contributed by atoms with E-state index in [-0.39, 0.29) is 11.8 Å². The third-order valence-electron chi connectivity index (χ3n) is 4.10. The van der Waals surface area contributed by atoms with Gasteiger partial charge in [-0.3, -0.25) is 0 Å². The molecular weight excluding hydrogens is 340 g/mol. The number of benzene rings is 1. The Morgan fingerprint density at radius 3 is 2.52 bits per heavy atom. The van der Waals surface area contributed by atoms with Crippen molar-refractivity contribution in [2.75, 3.05) is 0 Å². The number of carbonyl (C=O) groups is 1. The van der Waals surface area contributed by atoms with E-state index >= 15 is 0 Å². The Balaban J connectivity index is 1.72. The normalized spacial score (nSPS) is 15.7. The molecule has 1 aromatic carbocycles. The fraction of sp³-hybridized carbons (Fsp3) is 0.421. The smallest absolute Gasteiger partial charge is 0.334 e. The molecule has 132 valence electrons. The van der Waals surface area contributed by atoms with E-state index in [9.17, 15) is 4.79 Å². The van der Waals surface area contributed by atoms with E-state index in [1.54, 1.807) is 0 Å². The highest BCUT2D eigenvalue weighted by atomic mass is 35.5. The first kappa shape index (κ1) is 17.7. The minimum Gasteiger partial charge on any atom is -0.457 e. The van der Waals surface area contributed by atoms with Crippen LogP contribution >= 0.6 is 11.6 Å². The van der Waals surface area contributed by atoms with Crippen molar-refractivity contribution < 1.29 is 14.1 Å². The molecule has 0 saturated heterocycles. The van der Waals surface area contributed by atoms with Crippen molar-refractivity contribution in [1.29, 1.82) is 0 Å². The first-order chi connectivity index (χ1) is 11.7. The van der Waals surface area contributed by atoms with Crippen molar-refractivity contribution in [3.05, 3.63) is 58.7 Å². The predicted octanol–water partition coefficient (Wildman–Crippen LogP) is 4.24. The SMILES string of the molecule is C=C(Cc1nc(C2(c3ccc(Cl)cc3)CC2)no1)C(=O)OC(C)(C)C. The van der Waals surface area contributed by atoms with Crippen molar-refractivity contribution >= 4 is 17.6 Å². The van der Waals surface area contributed by atoms with Crippen LogP contribution in [0.3, 0.4) is 0 Å². The monoisotopic (exact) mass is 360 g/mol. The third-order valence-corrected chi connectivity index (χ3v) is 4.35. The second-order valence-corrected chi connectivity index (χ2v) is 7.82. The van der Waals surface area contributed by atoms with Crippen LogP contribution in [0.1, 0.15) is 50.9 Å². The van der Waals surface area contributed by atoms with E-state index in [1.807, 2.05) is 45.0 Å². The van der Waals surface area contributed by atoms with Crippen LogP contribution in [0.15, 0.2) is 40.9 Å². The number of hydrogen-bond acceptors (Lipinski definition) is 5. The van der Waals surface area contributed by atoms with Gasteiger partial charge in [0, 0.05) is 10.6 Å². The summed E-state index contributed by atoms with van der Waals surface area (Å²) in [6, 6.07) is 7.71. The molecule has 0 bridgehead atoms. The lowest BCUT2D eigenvalue weighted by molar-refractivity contribution is -0.150. The molecule has 6 heteroatoms. The fourth-order valence-corrected chi connectivity index (χ4v) is 2.79. The molecule has 1 aliphatic carbocycles. The van der Waals surface area contributed by atoms with Crippen LogP contribution in [0, 0.1) is 0 Å². The molecule has 1 heterocycles. The van der Waals surface area contributed by atoms with Gasteiger partial charge in [-0.15, -0.1) is 0 Å². The number of nitrogens with zero attached hydrogens (tertiary/aromatic N) is 2. The number of rotatable bonds is 5. The van der Waals surface area contributed by atoms with Gasteiger partial charge < -0.3 is 9.26 Å². The number of aromatic nitrogens is 2. The summed E-state index contributed by atoms with van der Waals surface area (Å²) in [6.07, 6.45) is 2.10. The van der Waals surface area contributed by atoms with Gasteiger partial charge in [0.2, 0.25) is 5.89 Å². The zero-order valence-electron chi connectivity index (χ0n) is 14.6. The Bertz CT molecular complexity index is 799. The maximum absolute atomic E-state index is 12.0. The molecule has 0 aliphatic heterocycles. The Morgan fingerprint density at radius 2 is 1.96 bits per heavy atom. The average molecular weight is 361 g/mol. The largest absolute Gasteiger partial charge is 0.457 e. The highest BCUT2D eigenvalue weighted by molar-refractivity contribution is 6.30. The van der Waals surface area contributed by atoms with Crippen LogP contribution in [-0.4, -0.2) is 21.7 Å². The van der Waals surface area contributed by atoms with Crippen LogP contribution in [0.4, 0.5) is 0 Å². The Kier molecular flexibility index (Phi) is 4.45. The van der Waals surface area contributed by atoms with Crippen molar-refractivity contribution in [2.24, 2.45) is 0 Å². The van der Waals surface area contributed by atoms with Gasteiger partial charge in [0.05, 0.1) is 11.8 Å². The molecule has 1 aliphatic rings. The standard InChI is InChI=1S/C19H21ClN2O3/c1-12(16(23)24-18(2,3)4)11-15-21-17(22-25-15)19(9-10-19)13-5-7-14(20)8-6-13/h5-8H,1,9-11H2,2-4H3. The van der Waals surface area contributed by atoms with Gasteiger partial charge >= 0.3 is 5.97 Å². The van der Waals surface area contributed by atoms with E-state index < -0.39 is 11.6 Å². The van der Waals surface area contributed by atoms with Crippen molar-refractivity contribution in [2.45, 2.75) is 51.0 Å². The molecule has 1 aromatic heterocycles. The highest BCUT2D eigenvalue weighted by Crippen LogP contribution is 2.52. The van der Waals surface area contributed by atoms with Crippen molar-refractivity contribution in [1.82, 2.24) is 10.1 Å². The summed E-state index contributed by atoms with van der Waals surface area (Å²) in [5.41, 5.74) is 0.642. The molecule has 0 N–H and O–H groups in total. The molecule has 0 amide bonds. The average Bonchev–Trinajstić information content (AvgIpc) is 3.19. The maximum Gasteiger partial charge on any atom is 0.334 e. The summed E-state index contributed by atoms with van der Waals surface area (Å²) >= 11 is 5.96. The van der Waals surface area contributed by atoms with Crippen LogP contribution in [0.2, 0.25) is 5.02 Å². The summed E-state index contributed by atoms with van der Waals surface area (Å²) in [6.45, 7) is 9.21. The van der Waals surface area contributed by atoms with Crippen molar-refractivity contribution in [3.8, 4) is 0 Å². The minimum absolute atomic E-state index is 0.179. The molecular formula is C19H21ClN2O3. The number of halogens is 1. The molecule has 0 unspecified atom stereocenters. The van der Waals surface area contributed by atoms with Gasteiger partial charge in [-0.1, -0.05) is 35.5 Å². The quantitative estimate of drug-likeness (QED) is 0.589. The Morgan fingerprint density at radius 1 is 1.32 bits per heavy atom. The molecule has 0 atom stereocenters. The van der Waals surface area contributed by atoms with E-state index in [2.05, 4.69) is 16.7 Å². The van der Waals surface area contributed by atoms with Gasteiger partial charge in [-0.25, -0.2) is 4.79 Å². The highest BCUT2D eigenvalue weighted by Gasteiger charge is 2.50. The van der Waals surface area contributed by atoms with Crippen LogP contribution in [0.5, 0.6) is 0 Å². The molecule has 2 aromatic rings. The van der Waals surface area contributed by atoms with Gasteiger partial charge in [-0.05, 0) is 51.3 Å². The van der Waals surface area contributed by atoms with Crippen LogP contribution in [0.25, 0.3) is 0 Å². The Labute approximate surface area is 152 Å². The first-order valence-electron chi connectivity index (χ1n) is 8.20. The molecule has 1 fully saturated rings. The minimum atomic E-state index is -0.563. The molecule has 25 heavy (non-hydrogen) atoms. The number of esters is 1. The zero-order chi connectivity index (χ0) is 18.2. The predicted molar refractivity (Wildman–Crippen MR) is 94.5 cm³/mol. The number of carbonyl (C=O) groups excluding carboxylic acids is 1. The second-order valence-electron chi connectivity index (χ2n) is 7.38. The number of ether oxygens (including phenoxy) is 1. The lowest BCUT2D eigenvalue weighted by atomic mass is 9.95. The summed E-state index contributed by atoms with van der Waals surface area (Å²) in [7, 11) is 0. The van der Waals surface area contributed by atoms with Gasteiger partial charge in [-0.2, -0.15) is 4.98 Å². The molecule has 0 spiro atoms.